The molecule has 1 aliphatic heterocycles. The fourth-order valence-corrected chi connectivity index (χ4v) is 7.28. The van der Waals surface area contributed by atoms with Crippen molar-refractivity contribution in [3.63, 3.8) is 0 Å². The van der Waals surface area contributed by atoms with Gasteiger partial charge in [-0.1, -0.05) is 144 Å². The Morgan fingerprint density at radius 3 is 2.33 bits per heavy atom. The van der Waals surface area contributed by atoms with Crippen molar-refractivity contribution in [1.29, 1.82) is 0 Å². The van der Waals surface area contributed by atoms with Gasteiger partial charge in [0.05, 0.1) is 0 Å². The molecule has 0 saturated heterocycles. The molecule has 4 heteroatoms. The Morgan fingerprint density at radius 2 is 1.58 bits per heavy atom. The molecule has 5 rings (SSSR count). The molecule has 1 unspecified atom stereocenters. The van der Waals surface area contributed by atoms with Crippen molar-refractivity contribution in [2.45, 2.75) is 92.5 Å². The van der Waals surface area contributed by atoms with Gasteiger partial charge in [0.15, 0.2) is 0 Å². The molecule has 1 aliphatic carbocycles. The topological polar surface area (TPSA) is 21.7 Å². The zero-order valence-electron chi connectivity index (χ0n) is 27.3. The molecule has 0 radical (unpaired) electrons. The lowest BCUT2D eigenvalue weighted by Gasteiger charge is -2.36. The lowest BCUT2D eigenvalue weighted by molar-refractivity contribution is 0.259. The second kappa shape index (κ2) is 18.5. The normalized spacial score (nSPS) is 18.4. The lowest BCUT2D eigenvalue weighted by atomic mass is 9.94. The molecule has 1 heterocycles. The van der Waals surface area contributed by atoms with E-state index >= 15 is 0 Å². The van der Waals surface area contributed by atoms with Gasteiger partial charge in [0.2, 0.25) is 0 Å². The first-order chi connectivity index (χ1) is 21.1. The Hall–Kier alpha value is -3.13. The van der Waals surface area contributed by atoms with E-state index in [1.807, 2.05) is 33.8 Å². The van der Waals surface area contributed by atoms with E-state index in [0.29, 0.717) is 11.8 Å². The summed E-state index contributed by atoms with van der Waals surface area (Å²) in [5.74, 6) is 1.53. The van der Waals surface area contributed by atoms with Crippen molar-refractivity contribution < 1.29 is 9.05 Å². The van der Waals surface area contributed by atoms with E-state index in [2.05, 4.69) is 110 Å². The third-order valence-electron chi connectivity index (χ3n) is 7.68. The highest BCUT2D eigenvalue weighted by molar-refractivity contribution is 7.45. The van der Waals surface area contributed by atoms with Crippen molar-refractivity contribution >= 4 is 25.4 Å². The van der Waals surface area contributed by atoms with Crippen LogP contribution in [0.5, 0.6) is 5.75 Å². The van der Waals surface area contributed by atoms with E-state index in [0.717, 1.165) is 18.7 Å². The average Bonchev–Trinajstić information content (AvgIpc) is 3.35. The zero-order valence-corrected chi connectivity index (χ0v) is 28.2. The maximum atomic E-state index is 7.01. The molecule has 0 N–H and O–H groups in total. The van der Waals surface area contributed by atoms with Crippen LogP contribution in [0.2, 0.25) is 0 Å². The van der Waals surface area contributed by atoms with Crippen molar-refractivity contribution in [2.24, 2.45) is 0 Å². The molecule has 230 valence electrons. The van der Waals surface area contributed by atoms with Crippen LogP contribution in [0.4, 0.5) is 0 Å². The van der Waals surface area contributed by atoms with Crippen LogP contribution >= 0.6 is 8.53 Å². The second-order valence-electron chi connectivity index (χ2n) is 10.6. The quantitative estimate of drug-likeness (QED) is 0.166. The SMILES string of the molecule is C=C1/C=C\c2ccccc2Cc2c(ccc3ccccc23)OP(N(C/C(C)=C/C=C\C)C2CCCCCC2)O1.CC.CC. The van der Waals surface area contributed by atoms with Crippen LogP contribution in [0.1, 0.15) is 96.8 Å². The summed E-state index contributed by atoms with van der Waals surface area (Å²) in [5.41, 5.74) is 4.95. The Labute approximate surface area is 263 Å². The van der Waals surface area contributed by atoms with Gasteiger partial charge < -0.3 is 9.05 Å². The van der Waals surface area contributed by atoms with E-state index in [9.17, 15) is 0 Å². The smallest absolute Gasteiger partial charge is 0.385 e. The largest absolute Gasteiger partial charge is 0.428 e. The van der Waals surface area contributed by atoms with Crippen molar-refractivity contribution in [1.82, 2.24) is 4.67 Å². The summed E-state index contributed by atoms with van der Waals surface area (Å²) in [5, 5.41) is 2.45. The number of benzene rings is 3. The summed E-state index contributed by atoms with van der Waals surface area (Å²) in [4.78, 5) is 0. The Morgan fingerprint density at radius 1 is 0.884 bits per heavy atom. The summed E-state index contributed by atoms with van der Waals surface area (Å²) in [6.07, 6.45) is 18.8. The number of fused-ring (bicyclic) bond motifs is 4. The minimum absolute atomic E-state index is 0.413. The third kappa shape index (κ3) is 9.68. The van der Waals surface area contributed by atoms with Gasteiger partial charge in [-0.25, -0.2) is 4.67 Å². The predicted octanol–water partition coefficient (Wildman–Crippen LogP) is 12.2. The standard InChI is InChI=1S/C35H40NO2P.2C2H6/c1-4-5-14-27(2)26-36(32-18-8-6-7-9-19-32)39-37-28(3)21-22-29-15-10-11-17-31(29)25-34-33-20-13-12-16-30(33)23-24-35(34)38-39;2*1-2/h4-5,10-17,20-24,32H,3,6-9,18-19,25-26H2,1-2H3;2*1-2H3/b5-4-,22-21-,27-14+;;. The molecule has 0 aromatic heterocycles. The second-order valence-corrected chi connectivity index (χ2v) is 12.0. The molecule has 0 bridgehead atoms. The van der Waals surface area contributed by atoms with Gasteiger partial charge in [-0.15, -0.1) is 0 Å². The van der Waals surface area contributed by atoms with Crippen LogP contribution in [0.15, 0.2) is 103 Å². The van der Waals surface area contributed by atoms with Gasteiger partial charge in [-0.3, -0.25) is 0 Å². The molecule has 3 nitrogen and oxygen atoms in total. The minimum atomic E-state index is -1.44. The molecule has 43 heavy (non-hydrogen) atoms. The highest BCUT2D eigenvalue weighted by atomic mass is 31.2. The first kappa shape index (κ1) is 34.4. The minimum Gasteiger partial charge on any atom is -0.428 e. The summed E-state index contributed by atoms with van der Waals surface area (Å²) in [6.45, 7) is 17.4. The van der Waals surface area contributed by atoms with Gasteiger partial charge in [-0.2, -0.15) is 0 Å². The summed E-state index contributed by atoms with van der Waals surface area (Å²) in [6, 6.07) is 21.9. The van der Waals surface area contributed by atoms with Crippen LogP contribution in [0, 0.1) is 0 Å². The summed E-state index contributed by atoms with van der Waals surface area (Å²) in [7, 11) is -1.44. The number of hydrogen-bond acceptors (Lipinski definition) is 3. The van der Waals surface area contributed by atoms with Crippen LogP contribution in [-0.4, -0.2) is 17.3 Å². The van der Waals surface area contributed by atoms with E-state index in [1.54, 1.807) is 0 Å². The first-order valence-electron chi connectivity index (χ1n) is 16.3. The van der Waals surface area contributed by atoms with Gasteiger partial charge in [0, 0.05) is 24.6 Å². The maximum Gasteiger partial charge on any atom is 0.385 e. The number of nitrogens with zero attached hydrogens (tertiary/aromatic N) is 1. The first-order valence-corrected chi connectivity index (χ1v) is 17.4. The fourth-order valence-electron chi connectivity index (χ4n) is 5.60. The molecular weight excluding hydrogens is 545 g/mol. The van der Waals surface area contributed by atoms with Crippen molar-refractivity contribution in [2.75, 3.05) is 6.54 Å². The van der Waals surface area contributed by atoms with E-state index < -0.39 is 8.53 Å². The summed E-state index contributed by atoms with van der Waals surface area (Å²) < 4.78 is 16.2. The Bertz CT molecular complexity index is 1380. The van der Waals surface area contributed by atoms with Crippen molar-refractivity contribution in [3.8, 4) is 5.75 Å². The Kier molecular flexibility index (Phi) is 14.8. The van der Waals surface area contributed by atoms with Crippen LogP contribution in [0.3, 0.4) is 0 Å². The van der Waals surface area contributed by atoms with E-state index in [-0.39, 0.29) is 0 Å². The highest BCUT2D eigenvalue weighted by Crippen LogP contribution is 2.50. The molecule has 3 aromatic carbocycles. The molecule has 1 saturated carbocycles. The molecular formula is C39H52NO2P. The third-order valence-corrected chi connectivity index (χ3v) is 9.31. The monoisotopic (exact) mass is 597 g/mol. The van der Waals surface area contributed by atoms with Gasteiger partial charge >= 0.3 is 8.53 Å². The molecule has 1 atom stereocenters. The van der Waals surface area contributed by atoms with E-state index in [1.165, 1.54) is 71.6 Å². The average molecular weight is 598 g/mol. The van der Waals surface area contributed by atoms with Crippen LogP contribution in [0.25, 0.3) is 16.8 Å². The zero-order chi connectivity index (χ0) is 31.0. The van der Waals surface area contributed by atoms with Crippen molar-refractivity contribution in [3.05, 3.63) is 120 Å². The maximum absolute atomic E-state index is 7.01. The van der Waals surface area contributed by atoms with Crippen LogP contribution < -0.4 is 4.52 Å². The number of allylic oxidation sites excluding steroid dienone is 4. The number of hydrogen-bond donors (Lipinski definition) is 0. The predicted molar refractivity (Wildman–Crippen MR) is 189 cm³/mol. The molecule has 3 aromatic rings. The molecule has 2 aliphatic rings. The van der Waals surface area contributed by atoms with Crippen LogP contribution in [-0.2, 0) is 10.9 Å². The van der Waals surface area contributed by atoms with Gasteiger partial charge in [-0.05, 0) is 60.7 Å². The molecule has 0 amide bonds. The lowest BCUT2D eigenvalue weighted by Crippen LogP contribution is -2.34. The van der Waals surface area contributed by atoms with E-state index in [4.69, 9.17) is 9.05 Å². The Balaban J connectivity index is 0.00000121. The van der Waals surface area contributed by atoms with Gasteiger partial charge in [0.1, 0.15) is 11.5 Å². The fraction of sp³-hybridized carbons (Fsp3) is 0.385. The molecule has 0 spiro atoms. The highest BCUT2D eigenvalue weighted by Gasteiger charge is 2.33. The molecule has 1 fully saturated rings. The number of rotatable bonds is 5. The summed E-state index contributed by atoms with van der Waals surface area (Å²) >= 11 is 0. The van der Waals surface area contributed by atoms with Gasteiger partial charge in [0.25, 0.3) is 0 Å².